The molecule has 1 saturated heterocycles. The van der Waals surface area contributed by atoms with Crippen LogP contribution in [-0.2, 0) is 33.9 Å². The van der Waals surface area contributed by atoms with Crippen molar-refractivity contribution >= 4 is 35.5 Å². The smallest absolute Gasteiger partial charge is 0.410 e. The molecule has 3 aromatic rings. The summed E-state index contributed by atoms with van der Waals surface area (Å²) in [4.78, 5) is 42.6. The summed E-state index contributed by atoms with van der Waals surface area (Å²) in [5.74, 6) is -0.200. The predicted molar refractivity (Wildman–Crippen MR) is 164 cm³/mol. The molecule has 1 atom stereocenters. The minimum Gasteiger partial charge on any atom is -0.445 e. The average Bonchev–Trinajstić information content (AvgIpc) is 3.02. The van der Waals surface area contributed by atoms with Crippen molar-refractivity contribution in [2.24, 2.45) is 11.5 Å². The highest BCUT2D eigenvalue weighted by atomic mass is 32.2. The van der Waals surface area contributed by atoms with Crippen molar-refractivity contribution in [2.75, 3.05) is 38.0 Å². The highest BCUT2D eigenvalue weighted by molar-refractivity contribution is 7.97. The third-order valence-corrected chi connectivity index (χ3v) is 7.72. The summed E-state index contributed by atoms with van der Waals surface area (Å²) in [5, 5.41) is 2.84. The molecule has 3 amide bonds. The first-order valence-electron chi connectivity index (χ1n) is 14.0. The maximum Gasteiger partial charge on any atom is 0.410 e. The zero-order chi connectivity index (χ0) is 29.7. The Morgan fingerprint density at radius 1 is 0.833 bits per heavy atom. The van der Waals surface area contributed by atoms with Crippen molar-refractivity contribution in [1.29, 1.82) is 0 Å². The lowest BCUT2D eigenvalue weighted by Crippen LogP contribution is -2.55. The summed E-state index contributed by atoms with van der Waals surface area (Å²) in [7, 11) is 0. The van der Waals surface area contributed by atoms with Gasteiger partial charge in [0.05, 0.1) is 0 Å². The van der Waals surface area contributed by atoms with Crippen LogP contribution in [0.2, 0.25) is 0 Å². The largest absolute Gasteiger partial charge is 0.445 e. The van der Waals surface area contributed by atoms with Crippen LogP contribution >= 0.6 is 11.9 Å². The minimum absolute atomic E-state index is 0.0506. The summed E-state index contributed by atoms with van der Waals surface area (Å²) in [6.07, 6.45) is 0.325. The number of hydrogen-bond donors (Lipinski definition) is 4. The van der Waals surface area contributed by atoms with E-state index >= 15 is 0 Å². The van der Waals surface area contributed by atoms with E-state index in [9.17, 15) is 14.4 Å². The Labute approximate surface area is 250 Å². The molecule has 1 aliphatic rings. The van der Waals surface area contributed by atoms with Gasteiger partial charge in [0.2, 0.25) is 11.8 Å². The average molecular weight is 591 g/mol. The van der Waals surface area contributed by atoms with Crippen molar-refractivity contribution in [3.63, 3.8) is 0 Å². The number of anilines is 1. The van der Waals surface area contributed by atoms with E-state index in [2.05, 4.69) is 10.0 Å². The molecule has 11 heteroatoms. The van der Waals surface area contributed by atoms with Crippen LogP contribution in [0, 0.1) is 0 Å². The van der Waals surface area contributed by atoms with Crippen LogP contribution in [0.25, 0.3) is 0 Å². The quantitative estimate of drug-likeness (QED) is 0.236. The Kier molecular flexibility index (Phi) is 11.8. The number of hydrogen-bond acceptors (Lipinski definition) is 8. The van der Waals surface area contributed by atoms with Crippen molar-refractivity contribution in [3.05, 3.63) is 95.6 Å². The fourth-order valence-electron chi connectivity index (χ4n) is 4.57. The van der Waals surface area contributed by atoms with E-state index in [0.29, 0.717) is 44.8 Å². The standard InChI is InChI=1S/C31H38N6O4S/c32-13-12-29(38)34-26-10-5-11-27(20-26)42-35-28(19-24-8-4-9-25(18-24)21-33)30(39)36-14-16-37(17-15-36)31(40)41-22-23-6-2-1-3-7-23/h1-11,18,20,28,35H,12-17,19,21-22,32-33H2,(H,34,38)/t28-/m0/s1. The Bertz CT molecular complexity index is 1330. The topological polar surface area (TPSA) is 143 Å². The Balaban J connectivity index is 1.38. The van der Waals surface area contributed by atoms with Gasteiger partial charge in [0.1, 0.15) is 12.6 Å². The van der Waals surface area contributed by atoms with Gasteiger partial charge in [0.15, 0.2) is 0 Å². The number of benzene rings is 3. The Morgan fingerprint density at radius 3 is 2.26 bits per heavy atom. The van der Waals surface area contributed by atoms with E-state index in [0.717, 1.165) is 21.6 Å². The van der Waals surface area contributed by atoms with E-state index in [4.69, 9.17) is 16.2 Å². The van der Waals surface area contributed by atoms with Gasteiger partial charge in [-0.05, 0) is 53.3 Å². The lowest BCUT2D eigenvalue weighted by Gasteiger charge is -2.36. The maximum absolute atomic E-state index is 13.8. The van der Waals surface area contributed by atoms with Gasteiger partial charge in [0, 0.05) is 56.3 Å². The molecule has 1 aliphatic heterocycles. The fourth-order valence-corrected chi connectivity index (χ4v) is 5.37. The van der Waals surface area contributed by atoms with E-state index in [1.807, 2.05) is 78.9 Å². The van der Waals surface area contributed by atoms with Crippen LogP contribution in [0.3, 0.4) is 0 Å². The molecule has 0 saturated carbocycles. The lowest BCUT2D eigenvalue weighted by molar-refractivity contribution is -0.134. The van der Waals surface area contributed by atoms with E-state index in [1.165, 1.54) is 11.9 Å². The van der Waals surface area contributed by atoms with Gasteiger partial charge >= 0.3 is 6.09 Å². The highest BCUT2D eigenvalue weighted by Gasteiger charge is 2.30. The number of nitrogens with two attached hydrogens (primary N) is 2. The molecular weight excluding hydrogens is 552 g/mol. The number of nitrogens with zero attached hydrogens (tertiary/aromatic N) is 2. The molecule has 0 radical (unpaired) electrons. The Morgan fingerprint density at radius 2 is 1.52 bits per heavy atom. The first-order chi connectivity index (χ1) is 20.4. The van der Waals surface area contributed by atoms with Gasteiger partial charge in [-0.1, -0.05) is 60.7 Å². The van der Waals surface area contributed by atoms with Gasteiger partial charge in [-0.3, -0.25) is 9.59 Å². The second-order valence-corrected chi connectivity index (χ2v) is 10.9. The van der Waals surface area contributed by atoms with E-state index in [1.54, 1.807) is 9.80 Å². The zero-order valence-corrected chi connectivity index (χ0v) is 24.4. The van der Waals surface area contributed by atoms with Crippen molar-refractivity contribution in [1.82, 2.24) is 14.5 Å². The van der Waals surface area contributed by atoms with Crippen molar-refractivity contribution in [2.45, 2.75) is 36.9 Å². The monoisotopic (exact) mass is 590 g/mol. The molecule has 0 aromatic heterocycles. The van der Waals surface area contributed by atoms with E-state index < -0.39 is 6.04 Å². The Hall–Kier alpha value is -3.90. The van der Waals surface area contributed by atoms with Crippen LogP contribution in [0.5, 0.6) is 0 Å². The molecular formula is C31H38N6O4S. The summed E-state index contributed by atoms with van der Waals surface area (Å²) in [6.45, 7) is 2.52. The molecule has 42 heavy (non-hydrogen) atoms. The van der Waals surface area contributed by atoms with Crippen molar-refractivity contribution < 1.29 is 19.1 Å². The first kappa shape index (κ1) is 31.0. The fraction of sp³-hybridized carbons (Fsp3) is 0.323. The number of rotatable bonds is 12. The zero-order valence-electron chi connectivity index (χ0n) is 23.5. The minimum atomic E-state index is -0.532. The molecule has 0 unspecified atom stereocenters. The normalized spacial score (nSPS) is 13.9. The number of nitrogens with one attached hydrogen (secondary N) is 2. The van der Waals surface area contributed by atoms with Crippen LogP contribution in [0.1, 0.15) is 23.1 Å². The molecule has 0 bridgehead atoms. The second-order valence-electron chi connectivity index (χ2n) is 9.97. The summed E-state index contributed by atoms with van der Waals surface area (Å²) in [6, 6.07) is 24.3. The van der Waals surface area contributed by atoms with Gasteiger partial charge < -0.3 is 31.3 Å². The van der Waals surface area contributed by atoms with E-state index in [-0.39, 0.29) is 37.5 Å². The van der Waals surface area contributed by atoms with Gasteiger partial charge in [0.25, 0.3) is 0 Å². The molecule has 1 fully saturated rings. The molecule has 1 heterocycles. The summed E-state index contributed by atoms with van der Waals surface area (Å²) >= 11 is 1.33. The molecule has 3 aromatic carbocycles. The number of carbonyl (C=O) groups excluding carboxylic acids is 3. The molecule has 4 rings (SSSR count). The number of piperazine rings is 1. The van der Waals surface area contributed by atoms with Gasteiger partial charge in [-0.15, -0.1) is 0 Å². The van der Waals surface area contributed by atoms with Crippen LogP contribution in [-0.4, -0.2) is 66.5 Å². The van der Waals surface area contributed by atoms with Crippen molar-refractivity contribution in [3.8, 4) is 0 Å². The highest BCUT2D eigenvalue weighted by Crippen LogP contribution is 2.22. The SMILES string of the molecule is NCCC(=O)Nc1cccc(SN[C@@H](Cc2cccc(CN)c2)C(=O)N2CCN(C(=O)OCc3ccccc3)CC2)c1. The number of carbonyl (C=O) groups is 3. The lowest BCUT2D eigenvalue weighted by atomic mass is 10.0. The van der Waals surface area contributed by atoms with Gasteiger partial charge in [-0.2, -0.15) is 0 Å². The van der Waals surface area contributed by atoms with Crippen LogP contribution < -0.4 is 21.5 Å². The molecule has 6 N–H and O–H groups in total. The van der Waals surface area contributed by atoms with Gasteiger partial charge in [-0.25, -0.2) is 9.52 Å². The summed E-state index contributed by atoms with van der Waals surface area (Å²) < 4.78 is 8.82. The predicted octanol–water partition coefficient (Wildman–Crippen LogP) is 3.12. The molecule has 0 spiro atoms. The second kappa shape index (κ2) is 15.9. The molecule has 10 nitrogen and oxygen atoms in total. The van der Waals surface area contributed by atoms with Crippen LogP contribution in [0.4, 0.5) is 10.5 Å². The first-order valence-corrected chi connectivity index (χ1v) is 14.8. The maximum atomic E-state index is 13.8. The number of ether oxygens (including phenoxy) is 1. The summed E-state index contributed by atoms with van der Waals surface area (Å²) in [5.41, 5.74) is 14.9. The third-order valence-electron chi connectivity index (χ3n) is 6.83. The third kappa shape index (κ3) is 9.31. The van der Waals surface area contributed by atoms with Crippen LogP contribution in [0.15, 0.2) is 83.8 Å². The molecule has 0 aliphatic carbocycles. The number of amides is 3. The molecule has 222 valence electrons.